The van der Waals surface area contributed by atoms with Crippen LogP contribution < -0.4 is 0 Å². The summed E-state index contributed by atoms with van der Waals surface area (Å²) in [5.74, 6) is 0.660. The molecule has 1 aliphatic heterocycles. The van der Waals surface area contributed by atoms with Crippen LogP contribution in [-0.4, -0.2) is 60.1 Å². The van der Waals surface area contributed by atoms with E-state index < -0.39 is 0 Å². The van der Waals surface area contributed by atoms with Gasteiger partial charge in [0, 0.05) is 33.1 Å². The van der Waals surface area contributed by atoms with E-state index in [4.69, 9.17) is 9.15 Å². The third kappa shape index (κ3) is 3.28. The van der Waals surface area contributed by atoms with Gasteiger partial charge in [0.15, 0.2) is 11.5 Å². The lowest BCUT2D eigenvalue weighted by atomic mass is 10.1. The minimum atomic E-state index is -0.344. The zero-order valence-corrected chi connectivity index (χ0v) is 13.2. The second kappa shape index (κ2) is 6.28. The second-order valence-electron chi connectivity index (χ2n) is 5.55. The molecule has 3 rings (SSSR count). The molecule has 0 spiro atoms. The van der Waals surface area contributed by atoms with E-state index in [0.717, 1.165) is 11.1 Å². The zero-order valence-electron chi connectivity index (χ0n) is 13.2. The molecule has 122 valence electrons. The molecular formula is C16H19N3O4. The second-order valence-corrected chi connectivity index (χ2v) is 5.55. The van der Waals surface area contributed by atoms with Crippen LogP contribution >= 0.6 is 0 Å². The van der Waals surface area contributed by atoms with Crippen LogP contribution in [0.1, 0.15) is 11.5 Å². The lowest BCUT2D eigenvalue weighted by Crippen LogP contribution is -2.50. The third-order valence-electron chi connectivity index (χ3n) is 3.98. The Morgan fingerprint density at radius 2 is 1.91 bits per heavy atom. The van der Waals surface area contributed by atoms with Gasteiger partial charge in [-0.3, -0.25) is 4.79 Å². The summed E-state index contributed by atoms with van der Waals surface area (Å²) in [5.41, 5.74) is 2.39. The molecule has 0 atom stereocenters. The number of carbonyl (C=O) groups excluding carboxylic acids is 2. The standard InChI is InChI=1S/C16H19N3O4/c1-11-17-13-4-3-12(9-14(13)23-11)10-15(20)18-5-7-19(8-6-18)16(21)22-2/h3-4,9H,5-8,10H2,1-2H3. The fraction of sp³-hybridized carbons (Fsp3) is 0.438. The molecule has 1 aromatic carbocycles. The van der Waals surface area contributed by atoms with Gasteiger partial charge in [-0.2, -0.15) is 0 Å². The van der Waals surface area contributed by atoms with E-state index in [1.165, 1.54) is 7.11 Å². The van der Waals surface area contributed by atoms with Gasteiger partial charge in [-0.15, -0.1) is 0 Å². The van der Waals surface area contributed by atoms with Gasteiger partial charge in [-0.05, 0) is 17.7 Å². The van der Waals surface area contributed by atoms with E-state index in [1.807, 2.05) is 18.2 Å². The molecule has 0 unspecified atom stereocenters. The monoisotopic (exact) mass is 317 g/mol. The van der Waals surface area contributed by atoms with E-state index in [0.29, 0.717) is 44.1 Å². The van der Waals surface area contributed by atoms with Crippen LogP contribution in [0.3, 0.4) is 0 Å². The lowest BCUT2D eigenvalue weighted by molar-refractivity contribution is -0.132. The van der Waals surface area contributed by atoms with Crippen molar-refractivity contribution in [2.75, 3.05) is 33.3 Å². The maximum absolute atomic E-state index is 12.4. The minimum absolute atomic E-state index is 0.0464. The summed E-state index contributed by atoms with van der Waals surface area (Å²) in [4.78, 5) is 31.5. The number of carbonyl (C=O) groups is 2. The zero-order chi connectivity index (χ0) is 16.4. The van der Waals surface area contributed by atoms with Crippen LogP contribution in [0.4, 0.5) is 4.79 Å². The van der Waals surface area contributed by atoms with Crippen LogP contribution in [-0.2, 0) is 16.0 Å². The number of nitrogens with zero attached hydrogens (tertiary/aromatic N) is 3. The Labute approximate surface area is 133 Å². The fourth-order valence-corrected chi connectivity index (χ4v) is 2.75. The van der Waals surface area contributed by atoms with E-state index in [-0.39, 0.29) is 12.0 Å². The average Bonchev–Trinajstić information content (AvgIpc) is 2.93. The highest BCUT2D eigenvalue weighted by molar-refractivity contribution is 5.81. The Kier molecular flexibility index (Phi) is 4.18. The molecule has 0 aliphatic carbocycles. The Morgan fingerprint density at radius 3 is 2.61 bits per heavy atom. The van der Waals surface area contributed by atoms with Gasteiger partial charge in [-0.1, -0.05) is 6.07 Å². The molecular weight excluding hydrogens is 298 g/mol. The van der Waals surface area contributed by atoms with Gasteiger partial charge in [-0.25, -0.2) is 9.78 Å². The SMILES string of the molecule is COC(=O)N1CCN(C(=O)Cc2ccc3nc(C)oc3c2)CC1. The van der Waals surface area contributed by atoms with Gasteiger partial charge in [0.05, 0.1) is 13.5 Å². The number of ether oxygens (including phenoxy) is 1. The largest absolute Gasteiger partial charge is 0.453 e. The van der Waals surface area contributed by atoms with E-state index >= 15 is 0 Å². The number of amides is 2. The molecule has 1 fully saturated rings. The molecule has 2 heterocycles. The number of hydrogen-bond donors (Lipinski definition) is 0. The Balaban J connectivity index is 1.61. The lowest BCUT2D eigenvalue weighted by Gasteiger charge is -2.33. The van der Waals surface area contributed by atoms with Gasteiger partial charge >= 0.3 is 6.09 Å². The highest BCUT2D eigenvalue weighted by Crippen LogP contribution is 2.18. The molecule has 23 heavy (non-hydrogen) atoms. The summed E-state index contributed by atoms with van der Waals surface area (Å²) in [6, 6.07) is 5.62. The van der Waals surface area contributed by atoms with Crippen LogP contribution in [0.25, 0.3) is 11.1 Å². The van der Waals surface area contributed by atoms with Crippen molar-refractivity contribution in [1.82, 2.24) is 14.8 Å². The van der Waals surface area contributed by atoms with Gasteiger partial charge in [0.2, 0.25) is 5.91 Å². The highest BCUT2D eigenvalue weighted by Gasteiger charge is 2.24. The van der Waals surface area contributed by atoms with E-state index in [1.54, 1.807) is 16.7 Å². The first-order chi connectivity index (χ1) is 11.1. The average molecular weight is 317 g/mol. The number of hydrogen-bond acceptors (Lipinski definition) is 5. The highest BCUT2D eigenvalue weighted by atomic mass is 16.5. The molecule has 1 aliphatic rings. The van der Waals surface area contributed by atoms with Crippen LogP contribution in [0.2, 0.25) is 0 Å². The number of piperazine rings is 1. The summed E-state index contributed by atoms with van der Waals surface area (Å²) in [6.45, 7) is 3.85. The molecule has 0 radical (unpaired) electrons. The van der Waals surface area contributed by atoms with Crippen molar-refractivity contribution in [3.63, 3.8) is 0 Å². The Hall–Kier alpha value is -2.57. The molecule has 7 heteroatoms. The first-order valence-electron chi connectivity index (χ1n) is 7.53. The number of benzene rings is 1. The molecule has 7 nitrogen and oxygen atoms in total. The maximum Gasteiger partial charge on any atom is 0.409 e. The smallest absolute Gasteiger partial charge is 0.409 e. The summed E-state index contributed by atoms with van der Waals surface area (Å²) in [7, 11) is 1.36. The Morgan fingerprint density at radius 1 is 1.22 bits per heavy atom. The summed E-state index contributed by atoms with van der Waals surface area (Å²) < 4.78 is 10.2. The number of rotatable bonds is 2. The van der Waals surface area contributed by atoms with Gasteiger partial charge in [0.25, 0.3) is 0 Å². The first kappa shape index (κ1) is 15.3. The predicted molar refractivity (Wildman–Crippen MR) is 83.0 cm³/mol. The first-order valence-corrected chi connectivity index (χ1v) is 7.53. The van der Waals surface area contributed by atoms with Crippen molar-refractivity contribution < 1.29 is 18.7 Å². The van der Waals surface area contributed by atoms with E-state index in [2.05, 4.69) is 4.98 Å². The van der Waals surface area contributed by atoms with Gasteiger partial charge < -0.3 is 19.0 Å². The minimum Gasteiger partial charge on any atom is -0.453 e. The van der Waals surface area contributed by atoms with Crippen LogP contribution in [0, 0.1) is 6.92 Å². The maximum atomic E-state index is 12.4. The summed E-state index contributed by atoms with van der Waals surface area (Å²) in [5, 5.41) is 0. The quantitative estimate of drug-likeness (QED) is 0.841. The fourth-order valence-electron chi connectivity index (χ4n) is 2.75. The molecule has 0 N–H and O–H groups in total. The van der Waals surface area contributed by atoms with Crippen molar-refractivity contribution in [1.29, 1.82) is 0 Å². The molecule has 2 aromatic rings. The number of fused-ring (bicyclic) bond motifs is 1. The molecule has 1 saturated heterocycles. The third-order valence-corrected chi connectivity index (χ3v) is 3.98. The number of aryl methyl sites for hydroxylation is 1. The van der Waals surface area contributed by atoms with Crippen molar-refractivity contribution in [2.45, 2.75) is 13.3 Å². The summed E-state index contributed by atoms with van der Waals surface area (Å²) >= 11 is 0. The van der Waals surface area contributed by atoms with Crippen LogP contribution in [0.5, 0.6) is 0 Å². The van der Waals surface area contributed by atoms with Gasteiger partial charge in [0.1, 0.15) is 5.52 Å². The van der Waals surface area contributed by atoms with E-state index in [9.17, 15) is 9.59 Å². The number of oxazole rings is 1. The van der Waals surface area contributed by atoms with Crippen molar-refractivity contribution in [3.05, 3.63) is 29.7 Å². The predicted octanol–water partition coefficient (Wildman–Crippen LogP) is 1.59. The Bertz CT molecular complexity index is 732. The molecule has 0 bridgehead atoms. The normalized spacial score (nSPS) is 15.0. The van der Waals surface area contributed by atoms with Crippen molar-refractivity contribution in [2.24, 2.45) is 0 Å². The summed E-state index contributed by atoms with van der Waals surface area (Å²) in [6.07, 6.45) is -0.0308. The van der Waals surface area contributed by atoms with Crippen molar-refractivity contribution >= 4 is 23.1 Å². The number of methoxy groups -OCH3 is 1. The molecule has 1 aromatic heterocycles. The topological polar surface area (TPSA) is 75.9 Å². The van der Waals surface area contributed by atoms with Crippen molar-refractivity contribution in [3.8, 4) is 0 Å². The molecule has 0 saturated carbocycles. The van der Waals surface area contributed by atoms with Crippen LogP contribution in [0.15, 0.2) is 22.6 Å². The molecule has 2 amide bonds. The number of aromatic nitrogens is 1.